The number of rotatable bonds is 0. The fourth-order valence-electron chi connectivity index (χ4n) is 0.592. The molecule has 1 fully saturated rings. The van der Waals surface area contributed by atoms with Gasteiger partial charge in [-0.3, -0.25) is 4.18 Å². The highest BCUT2D eigenvalue weighted by Gasteiger charge is 2.33. The Kier molecular flexibility index (Phi) is 1.53. The molecule has 0 aromatic heterocycles. The molecule has 1 saturated heterocycles. The van der Waals surface area contributed by atoms with Crippen molar-refractivity contribution >= 4 is 16.4 Å². The molecule has 0 bridgehead atoms. The van der Waals surface area contributed by atoms with Crippen LogP contribution in [0.4, 0.5) is 4.79 Å². The van der Waals surface area contributed by atoms with Gasteiger partial charge in [-0.25, -0.2) is 4.79 Å². The normalized spacial score (nSPS) is 23.0. The summed E-state index contributed by atoms with van der Waals surface area (Å²) in [6.45, 7) is -0.202. The summed E-state index contributed by atoms with van der Waals surface area (Å²) in [7, 11) is -3.95. The molecule has 0 aliphatic carbocycles. The Labute approximate surface area is 57.3 Å². The Morgan fingerprint density at radius 3 is 2.40 bits per heavy atom. The predicted molar refractivity (Wildman–Crippen MR) is 29.6 cm³/mol. The lowest BCUT2D eigenvalue weighted by Gasteiger charge is -2.05. The molecule has 0 atom stereocenters. The standard InChI is InChI=1S/C3H5NO5S/c5-3(6)4-1-2-9-10(4,7)8/h1-2H2,(H,5,6). The third kappa shape index (κ3) is 1.05. The van der Waals surface area contributed by atoms with E-state index >= 15 is 0 Å². The molecular formula is C3H5NO5S. The second-order valence-corrected chi connectivity index (χ2v) is 3.17. The van der Waals surface area contributed by atoms with E-state index in [0.29, 0.717) is 0 Å². The summed E-state index contributed by atoms with van der Waals surface area (Å²) >= 11 is 0. The largest absolute Gasteiger partial charge is 0.464 e. The van der Waals surface area contributed by atoms with Gasteiger partial charge in [0.2, 0.25) is 0 Å². The van der Waals surface area contributed by atoms with Crippen LogP contribution in [0, 0.1) is 0 Å². The number of nitrogens with zero attached hydrogens (tertiary/aromatic N) is 1. The fraction of sp³-hybridized carbons (Fsp3) is 0.667. The lowest BCUT2D eigenvalue weighted by molar-refractivity contribution is 0.175. The molecule has 0 saturated carbocycles. The molecule has 1 aliphatic rings. The van der Waals surface area contributed by atoms with Gasteiger partial charge in [-0.05, 0) is 0 Å². The van der Waals surface area contributed by atoms with E-state index in [2.05, 4.69) is 4.18 Å². The summed E-state index contributed by atoms with van der Waals surface area (Å²) < 4.78 is 25.4. The minimum absolute atomic E-state index is 0.0887. The summed E-state index contributed by atoms with van der Waals surface area (Å²) in [4.78, 5) is 10.1. The van der Waals surface area contributed by atoms with Gasteiger partial charge in [0.25, 0.3) is 0 Å². The summed E-state index contributed by atoms with van der Waals surface area (Å²) in [5.41, 5.74) is 0. The molecule has 1 amide bonds. The highest BCUT2D eigenvalue weighted by molar-refractivity contribution is 7.85. The molecule has 7 heteroatoms. The van der Waals surface area contributed by atoms with E-state index < -0.39 is 16.4 Å². The lowest BCUT2D eigenvalue weighted by atomic mass is 10.7. The van der Waals surface area contributed by atoms with Crippen molar-refractivity contribution in [3.8, 4) is 0 Å². The van der Waals surface area contributed by atoms with Gasteiger partial charge in [0.05, 0.1) is 13.2 Å². The van der Waals surface area contributed by atoms with Gasteiger partial charge in [-0.2, -0.15) is 12.7 Å². The van der Waals surface area contributed by atoms with Crippen molar-refractivity contribution in [3.63, 3.8) is 0 Å². The van der Waals surface area contributed by atoms with E-state index in [4.69, 9.17) is 5.11 Å². The zero-order chi connectivity index (χ0) is 7.78. The SMILES string of the molecule is O=C(O)N1CCOS1(=O)=O. The zero-order valence-corrected chi connectivity index (χ0v) is 5.67. The van der Waals surface area contributed by atoms with Crippen molar-refractivity contribution in [2.75, 3.05) is 13.2 Å². The molecule has 0 unspecified atom stereocenters. The molecule has 1 heterocycles. The molecule has 10 heavy (non-hydrogen) atoms. The van der Waals surface area contributed by atoms with Gasteiger partial charge < -0.3 is 5.11 Å². The topological polar surface area (TPSA) is 83.9 Å². The lowest BCUT2D eigenvalue weighted by Crippen LogP contribution is -2.30. The van der Waals surface area contributed by atoms with Crippen molar-refractivity contribution in [1.82, 2.24) is 4.31 Å². The fourth-order valence-corrected chi connectivity index (χ4v) is 1.49. The first kappa shape index (κ1) is 7.29. The summed E-state index contributed by atoms with van der Waals surface area (Å²) in [5, 5.41) is 8.22. The smallest absolute Gasteiger partial charge is 0.422 e. The van der Waals surface area contributed by atoms with Crippen LogP contribution in [0.2, 0.25) is 0 Å². The van der Waals surface area contributed by atoms with E-state index in [1.165, 1.54) is 0 Å². The van der Waals surface area contributed by atoms with Gasteiger partial charge in [0.1, 0.15) is 0 Å². The molecule has 1 rings (SSSR count). The molecule has 0 radical (unpaired) electrons. The van der Waals surface area contributed by atoms with Crippen molar-refractivity contribution in [1.29, 1.82) is 0 Å². The van der Waals surface area contributed by atoms with Crippen LogP contribution in [0.15, 0.2) is 0 Å². The van der Waals surface area contributed by atoms with Crippen LogP contribution in [-0.2, 0) is 14.5 Å². The van der Waals surface area contributed by atoms with Crippen LogP contribution in [0.5, 0.6) is 0 Å². The maximum Gasteiger partial charge on any atom is 0.422 e. The van der Waals surface area contributed by atoms with Crippen molar-refractivity contribution in [2.24, 2.45) is 0 Å². The second kappa shape index (κ2) is 2.10. The van der Waals surface area contributed by atoms with Crippen LogP contribution >= 0.6 is 0 Å². The first-order chi connectivity index (χ1) is 4.54. The van der Waals surface area contributed by atoms with Crippen molar-refractivity contribution in [2.45, 2.75) is 0 Å². The van der Waals surface area contributed by atoms with E-state index in [1.54, 1.807) is 0 Å². The first-order valence-corrected chi connectivity index (χ1v) is 3.80. The summed E-state index contributed by atoms with van der Waals surface area (Å²) in [5.74, 6) is 0. The van der Waals surface area contributed by atoms with E-state index in [1.807, 2.05) is 0 Å². The highest BCUT2D eigenvalue weighted by Crippen LogP contribution is 2.10. The Morgan fingerprint density at radius 2 is 2.20 bits per heavy atom. The molecule has 0 aromatic carbocycles. The average molecular weight is 167 g/mol. The molecular weight excluding hydrogens is 162 g/mol. The van der Waals surface area contributed by atoms with E-state index in [9.17, 15) is 13.2 Å². The number of hydrogen-bond acceptors (Lipinski definition) is 4. The number of carboxylic acid groups (broad SMARTS) is 1. The Bertz CT molecular complexity index is 244. The monoisotopic (exact) mass is 167 g/mol. The predicted octanol–water partition coefficient (Wildman–Crippen LogP) is -0.759. The van der Waals surface area contributed by atoms with Crippen molar-refractivity contribution < 1.29 is 22.5 Å². The molecule has 1 aliphatic heterocycles. The van der Waals surface area contributed by atoms with Gasteiger partial charge in [0.15, 0.2) is 0 Å². The van der Waals surface area contributed by atoms with Crippen molar-refractivity contribution in [3.05, 3.63) is 0 Å². The number of carbonyl (C=O) groups is 1. The van der Waals surface area contributed by atoms with Crippen LogP contribution in [0.25, 0.3) is 0 Å². The first-order valence-electron chi connectivity index (χ1n) is 2.44. The second-order valence-electron chi connectivity index (χ2n) is 1.63. The van der Waals surface area contributed by atoms with Gasteiger partial charge in [-0.1, -0.05) is 0 Å². The Balaban J connectivity index is 2.90. The van der Waals surface area contributed by atoms with Crippen LogP contribution in [-0.4, -0.2) is 37.1 Å². The maximum absolute atomic E-state index is 10.5. The summed E-state index contributed by atoms with van der Waals surface area (Å²) in [6.07, 6.45) is -1.50. The highest BCUT2D eigenvalue weighted by atomic mass is 32.2. The quantitative estimate of drug-likeness (QED) is 0.512. The van der Waals surface area contributed by atoms with Gasteiger partial charge in [-0.15, -0.1) is 0 Å². The van der Waals surface area contributed by atoms with Crippen LogP contribution < -0.4 is 0 Å². The van der Waals surface area contributed by atoms with Gasteiger partial charge in [0, 0.05) is 0 Å². The minimum Gasteiger partial charge on any atom is -0.464 e. The Morgan fingerprint density at radius 1 is 1.60 bits per heavy atom. The van der Waals surface area contributed by atoms with Gasteiger partial charge >= 0.3 is 16.4 Å². The Hall–Kier alpha value is -0.820. The van der Waals surface area contributed by atoms with E-state index in [0.717, 1.165) is 0 Å². The third-order valence-corrected chi connectivity index (χ3v) is 2.35. The third-order valence-electron chi connectivity index (χ3n) is 1.01. The molecule has 6 nitrogen and oxygen atoms in total. The molecule has 0 spiro atoms. The number of amides is 1. The van der Waals surface area contributed by atoms with Crippen LogP contribution in [0.1, 0.15) is 0 Å². The summed E-state index contributed by atoms with van der Waals surface area (Å²) in [6, 6.07) is 0. The maximum atomic E-state index is 10.5. The molecule has 1 N–H and O–H groups in total. The van der Waals surface area contributed by atoms with Crippen LogP contribution in [0.3, 0.4) is 0 Å². The zero-order valence-electron chi connectivity index (χ0n) is 4.85. The molecule has 0 aromatic rings. The van der Waals surface area contributed by atoms with E-state index in [-0.39, 0.29) is 17.5 Å². The minimum atomic E-state index is -3.95. The average Bonchev–Trinajstić information content (AvgIpc) is 2.08. The molecule has 58 valence electrons. The number of hydrogen-bond donors (Lipinski definition) is 1.